The van der Waals surface area contributed by atoms with Crippen LogP contribution in [0.25, 0.3) is 0 Å². The van der Waals surface area contributed by atoms with Crippen molar-refractivity contribution >= 4 is 5.97 Å². The Labute approximate surface area is 108 Å². The summed E-state index contributed by atoms with van der Waals surface area (Å²) in [5.74, 6) is 3.30. The van der Waals surface area contributed by atoms with Crippen molar-refractivity contribution in [2.24, 2.45) is 5.92 Å². The van der Waals surface area contributed by atoms with Gasteiger partial charge >= 0.3 is 5.97 Å². The van der Waals surface area contributed by atoms with Gasteiger partial charge in [-0.1, -0.05) is 6.92 Å². The predicted octanol–water partition coefficient (Wildman–Crippen LogP) is 2.40. The number of hydrogen-bond acceptors (Lipinski definition) is 4. The number of ether oxygens (including phenoxy) is 1. The first-order valence-corrected chi connectivity index (χ1v) is 6.44. The third-order valence-electron chi connectivity index (χ3n) is 3.51. The van der Waals surface area contributed by atoms with Crippen molar-refractivity contribution < 1.29 is 13.9 Å². The van der Waals surface area contributed by atoms with Crippen molar-refractivity contribution in [3.8, 4) is 0 Å². The number of carbonyl (C=O) groups is 1. The fourth-order valence-electron chi connectivity index (χ4n) is 2.13. The van der Waals surface area contributed by atoms with Crippen molar-refractivity contribution in [1.82, 2.24) is 4.90 Å². The van der Waals surface area contributed by atoms with E-state index in [0.29, 0.717) is 18.9 Å². The highest BCUT2D eigenvalue weighted by atomic mass is 16.5. The molecule has 1 fully saturated rings. The molecule has 0 spiro atoms. The van der Waals surface area contributed by atoms with Crippen molar-refractivity contribution in [3.05, 3.63) is 23.7 Å². The molecule has 1 aromatic rings. The van der Waals surface area contributed by atoms with Gasteiger partial charge in [0.05, 0.1) is 20.1 Å². The first kappa shape index (κ1) is 13.1. The normalized spacial score (nSPS) is 22.2. The second-order valence-corrected chi connectivity index (χ2v) is 5.19. The van der Waals surface area contributed by atoms with Crippen molar-refractivity contribution in [2.75, 3.05) is 20.7 Å². The third kappa shape index (κ3) is 3.35. The summed E-state index contributed by atoms with van der Waals surface area (Å²) in [5.41, 5.74) is 0. The summed E-state index contributed by atoms with van der Waals surface area (Å²) in [7, 11) is 3.39. The Morgan fingerprint density at radius 3 is 2.89 bits per heavy atom. The van der Waals surface area contributed by atoms with E-state index in [9.17, 15) is 4.79 Å². The van der Waals surface area contributed by atoms with Crippen LogP contribution in [0, 0.1) is 5.92 Å². The van der Waals surface area contributed by atoms with Gasteiger partial charge in [0.2, 0.25) is 0 Å². The van der Waals surface area contributed by atoms with Gasteiger partial charge in [-0.3, -0.25) is 9.69 Å². The molecule has 0 saturated heterocycles. The Morgan fingerprint density at radius 1 is 1.56 bits per heavy atom. The fraction of sp³-hybridized carbons (Fsp3) is 0.643. The first-order valence-electron chi connectivity index (χ1n) is 6.44. The zero-order valence-corrected chi connectivity index (χ0v) is 11.3. The molecule has 0 aliphatic heterocycles. The van der Waals surface area contributed by atoms with E-state index in [1.807, 2.05) is 13.1 Å². The summed E-state index contributed by atoms with van der Waals surface area (Å²) < 4.78 is 10.4. The zero-order chi connectivity index (χ0) is 13.1. The maximum absolute atomic E-state index is 11.0. The average Bonchev–Trinajstić information content (AvgIpc) is 2.89. The van der Waals surface area contributed by atoms with Gasteiger partial charge in [-0.25, -0.2) is 0 Å². The second kappa shape index (κ2) is 5.57. The highest BCUT2D eigenvalue weighted by molar-refractivity contribution is 5.69. The number of furan rings is 1. The molecule has 1 aromatic heterocycles. The van der Waals surface area contributed by atoms with E-state index in [4.69, 9.17) is 4.42 Å². The van der Waals surface area contributed by atoms with Gasteiger partial charge in [-0.2, -0.15) is 0 Å². The van der Waals surface area contributed by atoms with Crippen LogP contribution in [-0.4, -0.2) is 31.6 Å². The molecule has 4 heteroatoms. The van der Waals surface area contributed by atoms with Gasteiger partial charge in [-0.05, 0) is 31.5 Å². The molecule has 0 unspecified atom stereocenters. The van der Waals surface area contributed by atoms with Crippen molar-refractivity contribution in [3.63, 3.8) is 0 Å². The van der Waals surface area contributed by atoms with Crippen LogP contribution >= 0.6 is 0 Å². The number of nitrogens with zero attached hydrogens (tertiary/aromatic N) is 1. The van der Waals surface area contributed by atoms with E-state index >= 15 is 0 Å². The molecule has 1 saturated carbocycles. The van der Waals surface area contributed by atoms with Crippen LogP contribution in [0.5, 0.6) is 0 Å². The van der Waals surface area contributed by atoms with Gasteiger partial charge in [0.25, 0.3) is 0 Å². The van der Waals surface area contributed by atoms with Gasteiger partial charge in [0.15, 0.2) is 0 Å². The Bertz CT molecular complexity index is 413. The SMILES string of the molecule is COC(=O)CCN(C)Cc1ccc([C@@H]2C[C@H]2C)o1. The summed E-state index contributed by atoms with van der Waals surface area (Å²) in [5, 5.41) is 0. The third-order valence-corrected chi connectivity index (χ3v) is 3.51. The lowest BCUT2D eigenvalue weighted by Crippen LogP contribution is -2.21. The maximum Gasteiger partial charge on any atom is 0.306 e. The molecule has 0 radical (unpaired) electrons. The standard InChI is InChI=1S/C14H21NO3/c1-10-8-12(10)13-5-4-11(18-13)9-15(2)7-6-14(16)17-3/h4-5,10,12H,6-9H2,1-3H3/t10-,12-/m1/s1. The van der Waals surface area contributed by atoms with Crippen LogP contribution in [0.15, 0.2) is 16.5 Å². The minimum Gasteiger partial charge on any atom is -0.469 e. The highest BCUT2D eigenvalue weighted by Crippen LogP contribution is 2.47. The van der Waals surface area contributed by atoms with Gasteiger partial charge in [0, 0.05) is 12.5 Å². The number of esters is 1. The molecule has 100 valence electrons. The Hall–Kier alpha value is -1.29. The van der Waals surface area contributed by atoms with Crippen LogP contribution in [-0.2, 0) is 16.1 Å². The number of rotatable bonds is 6. The minimum absolute atomic E-state index is 0.172. The van der Waals surface area contributed by atoms with Crippen molar-refractivity contribution in [2.45, 2.75) is 32.2 Å². The molecule has 2 rings (SSSR count). The fourth-order valence-corrected chi connectivity index (χ4v) is 2.13. The van der Waals surface area contributed by atoms with Gasteiger partial charge in [-0.15, -0.1) is 0 Å². The molecule has 1 aliphatic carbocycles. The number of hydrogen-bond donors (Lipinski definition) is 0. The van der Waals surface area contributed by atoms with Crippen LogP contribution < -0.4 is 0 Å². The predicted molar refractivity (Wildman–Crippen MR) is 68.2 cm³/mol. The Morgan fingerprint density at radius 2 is 2.28 bits per heavy atom. The molecule has 1 aliphatic rings. The molecule has 0 N–H and O–H groups in total. The summed E-state index contributed by atoms with van der Waals surface area (Å²) >= 11 is 0. The summed E-state index contributed by atoms with van der Waals surface area (Å²) in [6.07, 6.45) is 1.66. The van der Waals surface area contributed by atoms with Crippen LogP contribution in [0.4, 0.5) is 0 Å². The van der Waals surface area contributed by atoms with E-state index in [0.717, 1.165) is 24.0 Å². The van der Waals surface area contributed by atoms with Gasteiger partial charge < -0.3 is 9.15 Å². The summed E-state index contributed by atoms with van der Waals surface area (Å²) in [4.78, 5) is 13.1. The summed E-state index contributed by atoms with van der Waals surface area (Å²) in [6, 6.07) is 4.12. The molecule has 18 heavy (non-hydrogen) atoms. The molecule has 0 amide bonds. The maximum atomic E-state index is 11.0. The Balaban J connectivity index is 1.78. The lowest BCUT2D eigenvalue weighted by molar-refractivity contribution is -0.140. The molecule has 1 heterocycles. The van der Waals surface area contributed by atoms with E-state index in [-0.39, 0.29) is 5.97 Å². The zero-order valence-electron chi connectivity index (χ0n) is 11.3. The van der Waals surface area contributed by atoms with E-state index in [1.54, 1.807) is 0 Å². The lowest BCUT2D eigenvalue weighted by atomic mass is 10.3. The average molecular weight is 251 g/mol. The lowest BCUT2D eigenvalue weighted by Gasteiger charge is -2.13. The van der Waals surface area contributed by atoms with Crippen molar-refractivity contribution in [1.29, 1.82) is 0 Å². The molecular weight excluding hydrogens is 230 g/mol. The Kier molecular flexibility index (Phi) is 4.07. The van der Waals surface area contributed by atoms with Gasteiger partial charge in [0.1, 0.15) is 11.5 Å². The summed E-state index contributed by atoms with van der Waals surface area (Å²) in [6.45, 7) is 3.66. The largest absolute Gasteiger partial charge is 0.469 e. The first-order chi connectivity index (χ1) is 8.60. The molecular formula is C14H21NO3. The molecule has 4 nitrogen and oxygen atoms in total. The molecule has 0 bridgehead atoms. The van der Waals surface area contributed by atoms with Crippen LogP contribution in [0.2, 0.25) is 0 Å². The molecule has 0 aromatic carbocycles. The topological polar surface area (TPSA) is 42.7 Å². The smallest absolute Gasteiger partial charge is 0.306 e. The quantitative estimate of drug-likeness (QED) is 0.728. The van der Waals surface area contributed by atoms with E-state index in [2.05, 4.69) is 22.6 Å². The highest BCUT2D eigenvalue weighted by Gasteiger charge is 2.36. The van der Waals surface area contributed by atoms with E-state index in [1.165, 1.54) is 13.5 Å². The minimum atomic E-state index is -0.172. The van der Waals surface area contributed by atoms with Crippen LogP contribution in [0.1, 0.15) is 37.2 Å². The monoisotopic (exact) mass is 251 g/mol. The molecule has 2 atom stereocenters. The number of methoxy groups -OCH3 is 1. The second-order valence-electron chi connectivity index (χ2n) is 5.19. The van der Waals surface area contributed by atoms with Crippen LogP contribution in [0.3, 0.4) is 0 Å². The van der Waals surface area contributed by atoms with E-state index < -0.39 is 0 Å². The number of carbonyl (C=O) groups excluding carboxylic acids is 1.